The van der Waals surface area contributed by atoms with Gasteiger partial charge < -0.3 is 15.0 Å². The Bertz CT molecular complexity index is 1140. The molecule has 2 heterocycles. The molecular formula is C25H24N2O. The Morgan fingerprint density at radius 1 is 0.929 bits per heavy atom. The molecule has 0 fully saturated rings. The Morgan fingerprint density at radius 3 is 2.61 bits per heavy atom. The Balaban J connectivity index is 1.67. The molecule has 0 saturated heterocycles. The SMILES string of the molecule is COc1ccc(-c2ccccc2)cc1C1NCCc2c1[nH]c1ccc(C)cc21. The molecule has 2 N–H and O–H groups in total. The minimum absolute atomic E-state index is 0.0927. The number of H-pyrrole nitrogens is 1. The van der Waals surface area contributed by atoms with E-state index in [2.05, 4.69) is 84.0 Å². The number of rotatable bonds is 3. The lowest BCUT2D eigenvalue weighted by Gasteiger charge is -2.26. The molecule has 1 atom stereocenters. The average Bonchev–Trinajstić information content (AvgIpc) is 3.12. The molecular weight excluding hydrogens is 344 g/mol. The van der Waals surface area contributed by atoms with E-state index in [9.17, 15) is 0 Å². The fraction of sp³-hybridized carbons (Fsp3) is 0.200. The highest BCUT2D eigenvalue weighted by Gasteiger charge is 2.27. The second-order valence-corrected chi connectivity index (χ2v) is 7.53. The quantitative estimate of drug-likeness (QED) is 0.509. The van der Waals surface area contributed by atoms with Crippen LogP contribution in [0.3, 0.4) is 0 Å². The number of aromatic nitrogens is 1. The van der Waals surface area contributed by atoms with Gasteiger partial charge in [0.15, 0.2) is 0 Å². The van der Waals surface area contributed by atoms with Gasteiger partial charge in [0.25, 0.3) is 0 Å². The van der Waals surface area contributed by atoms with Crippen LogP contribution in [0.15, 0.2) is 66.7 Å². The van der Waals surface area contributed by atoms with Gasteiger partial charge in [-0.2, -0.15) is 0 Å². The van der Waals surface area contributed by atoms with Crippen LogP contribution in [0.2, 0.25) is 0 Å². The first kappa shape index (κ1) is 17.1. The zero-order valence-corrected chi connectivity index (χ0v) is 16.3. The van der Waals surface area contributed by atoms with Crippen molar-refractivity contribution in [2.45, 2.75) is 19.4 Å². The maximum absolute atomic E-state index is 5.74. The number of hydrogen-bond donors (Lipinski definition) is 2. The van der Waals surface area contributed by atoms with Crippen molar-refractivity contribution < 1.29 is 4.74 Å². The number of nitrogens with one attached hydrogen (secondary N) is 2. The molecule has 140 valence electrons. The second-order valence-electron chi connectivity index (χ2n) is 7.53. The van der Waals surface area contributed by atoms with Crippen molar-refractivity contribution in [1.82, 2.24) is 10.3 Å². The van der Waals surface area contributed by atoms with Crippen molar-refractivity contribution in [1.29, 1.82) is 0 Å². The summed E-state index contributed by atoms with van der Waals surface area (Å²) in [6, 6.07) is 23.7. The molecule has 0 bridgehead atoms. The van der Waals surface area contributed by atoms with Crippen molar-refractivity contribution in [3.63, 3.8) is 0 Å². The van der Waals surface area contributed by atoms with Gasteiger partial charge in [-0.3, -0.25) is 0 Å². The first-order valence-corrected chi connectivity index (χ1v) is 9.82. The third-order valence-corrected chi connectivity index (χ3v) is 5.75. The van der Waals surface area contributed by atoms with Crippen molar-refractivity contribution in [3.05, 3.63) is 89.1 Å². The van der Waals surface area contributed by atoms with Crippen LogP contribution in [0.4, 0.5) is 0 Å². The van der Waals surface area contributed by atoms with Crippen LogP contribution < -0.4 is 10.1 Å². The lowest BCUT2D eigenvalue weighted by Crippen LogP contribution is -2.30. The van der Waals surface area contributed by atoms with Crippen LogP contribution in [0.25, 0.3) is 22.0 Å². The summed E-state index contributed by atoms with van der Waals surface area (Å²) >= 11 is 0. The van der Waals surface area contributed by atoms with E-state index >= 15 is 0 Å². The monoisotopic (exact) mass is 368 g/mol. The average molecular weight is 368 g/mol. The van der Waals surface area contributed by atoms with E-state index < -0.39 is 0 Å². The Labute approximate surface area is 165 Å². The number of ether oxygens (including phenoxy) is 1. The standard InChI is InChI=1S/C25H24N2O/c1-16-8-10-22-20(14-16)19-12-13-26-24(25(19)27-22)21-15-18(9-11-23(21)28-2)17-6-4-3-5-7-17/h3-11,14-15,24,26-27H,12-13H2,1-2H3. The smallest absolute Gasteiger partial charge is 0.124 e. The number of benzene rings is 3. The molecule has 1 aromatic heterocycles. The van der Waals surface area contributed by atoms with E-state index in [4.69, 9.17) is 4.74 Å². The van der Waals surface area contributed by atoms with Gasteiger partial charge in [0.05, 0.1) is 13.2 Å². The lowest BCUT2D eigenvalue weighted by atomic mass is 9.91. The van der Waals surface area contributed by atoms with Crippen molar-refractivity contribution in [3.8, 4) is 16.9 Å². The van der Waals surface area contributed by atoms with Crippen molar-refractivity contribution >= 4 is 10.9 Å². The summed E-state index contributed by atoms with van der Waals surface area (Å²) in [7, 11) is 1.75. The maximum Gasteiger partial charge on any atom is 0.124 e. The van der Waals surface area contributed by atoms with Crippen LogP contribution in [0.1, 0.15) is 28.4 Å². The number of aromatic amines is 1. The molecule has 0 spiro atoms. The van der Waals surface area contributed by atoms with E-state index in [-0.39, 0.29) is 6.04 Å². The van der Waals surface area contributed by atoms with Gasteiger partial charge in [-0.15, -0.1) is 0 Å². The fourth-order valence-corrected chi connectivity index (χ4v) is 4.38. The number of hydrogen-bond acceptors (Lipinski definition) is 2. The van der Waals surface area contributed by atoms with Crippen LogP contribution in [0, 0.1) is 6.92 Å². The molecule has 3 nitrogen and oxygen atoms in total. The molecule has 3 heteroatoms. The number of fused-ring (bicyclic) bond motifs is 3. The first-order valence-electron chi connectivity index (χ1n) is 9.82. The Morgan fingerprint density at radius 2 is 1.79 bits per heavy atom. The molecule has 0 amide bonds. The fourth-order valence-electron chi connectivity index (χ4n) is 4.38. The molecule has 28 heavy (non-hydrogen) atoms. The second kappa shape index (κ2) is 6.84. The molecule has 3 aromatic carbocycles. The molecule has 1 unspecified atom stereocenters. The topological polar surface area (TPSA) is 37.0 Å². The third kappa shape index (κ3) is 2.79. The number of aryl methyl sites for hydroxylation is 1. The molecule has 1 aliphatic rings. The van der Waals surface area contributed by atoms with Crippen LogP contribution in [0.5, 0.6) is 5.75 Å². The lowest BCUT2D eigenvalue weighted by molar-refractivity contribution is 0.402. The van der Waals surface area contributed by atoms with Gasteiger partial charge in [0.1, 0.15) is 5.75 Å². The molecule has 5 rings (SSSR count). The largest absolute Gasteiger partial charge is 0.496 e. The van der Waals surface area contributed by atoms with E-state index in [1.54, 1.807) is 7.11 Å². The van der Waals surface area contributed by atoms with Crippen LogP contribution in [-0.2, 0) is 6.42 Å². The van der Waals surface area contributed by atoms with Crippen molar-refractivity contribution in [2.24, 2.45) is 0 Å². The van der Waals surface area contributed by atoms with Gasteiger partial charge in [0.2, 0.25) is 0 Å². The summed E-state index contributed by atoms with van der Waals surface area (Å²) in [6.45, 7) is 3.11. The van der Waals surface area contributed by atoms with Gasteiger partial charge in [0, 0.05) is 28.7 Å². The zero-order valence-electron chi connectivity index (χ0n) is 16.3. The van der Waals surface area contributed by atoms with Crippen LogP contribution >= 0.6 is 0 Å². The maximum atomic E-state index is 5.74. The number of methoxy groups -OCH3 is 1. The summed E-state index contributed by atoms with van der Waals surface area (Å²) in [5, 5.41) is 5.06. The molecule has 0 aliphatic carbocycles. The van der Waals surface area contributed by atoms with Gasteiger partial charge >= 0.3 is 0 Å². The highest BCUT2D eigenvalue weighted by atomic mass is 16.5. The van der Waals surface area contributed by atoms with E-state index in [0.717, 1.165) is 18.7 Å². The predicted octanol–water partition coefficient (Wildman–Crippen LogP) is 5.39. The van der Waals surface area contributed by atoms with E-state index in [0.29, 0.717) is 0 Å². The Kier molecular flexibility index (Phi) is 4.18. The van der Waals surface area contributed by atoms with Gasteiger partial charge in [-0.05, 0) is 54.3 Å². The summed E-state index contributed by atoms with van der Waals surface area (Å²) in [6.07, 6.45) is 1.04. The summed E-state index contributed by atoms with van der Waals surface area (Å²) in [4.78, 5) is 3.68. The van der Waals surface area contributed by atoms with E-state index in [1.807, 2.05) is 0 Å². The van der Waals surface area contributed by atoms with Gasteiger partial charge in [-0.1, -0.05) is 48.0 Å². The third-order valence-electron chi connectivity index (χ3n) is 5.75. The Hall–Kier alpha value is -3.04. The normalized spacial score (nSPS) is 16.1. The highest BCUT2D eigenvalue weighted by Crippen LogP contribution is 2.38. The van der Waals surface area contributed by atoms with Crippen LogP contribution in [-0.4, -0.2) is 18.6 Å². The minimum Gasteiger partial charge on any atom is -0.496 e. The van der Waals surface area contributed by atoms with Gasteiger partial charge in [-0.25, -0.2) is 0 Å². The summed E-state index contributed by atoms with van der Waals surface area (Å²) in [5.74, 6) is 0.917. The zero-order chi connectivity index (χ0) is 19.1. The summed E-state index contributed by atoms with van der Waals surface area (Å²) in [5.41, 5.74) is 8.79. The molecule has 4 aromatic rings. The predicted molar refractivity (Wildman–Crippen MR) is 115 cm³/mol. The molecule has 0 saturated carbocycles. The van der Waals surface area contributed by atoms with E-state index in [1.165, 1.54) is 44.4 Å². The minimum atomic E-state index is 0.0927. The first-order chi connectivity index (χ1) is 13.7. The highest BCUT2D eigenvalue weighted by molar-refractivity contribution is 5.86. The molecule has 1 aliphatic heterocycles. The molecule has 0 radical (unpaired) electrons. The van der Waals surface area contributed by atoms with Crippen molar-refractivity contribution in [2.75, 3.05) is 13.7 Å². The summed E-state index contributed by atoms with van der Waals surface area (Å²) < 4.78 is 5.74.